The van der Waals surface area contributed by atoms with E-state index in [2.05, 4.69) is 70.1 Å². The van der Waals surface area contributed by atoms with Gasteiger partial charge in [0, 0.05) is 54.7 Å². The van der Waals surface area contributed by atoms with Crippen molar-refractivity contribution >= 4 is 82.3 Å². The molecule has 0 spiro atoms. The van der Waals surface area contributed by atoms with Gasteiger partial charge in [-0.3, -0.25) is 0 Å². The van der Waals surface area contributed by atoms with Crippen LogP contribution >= 0.6 is 44.3 Å². The lowest BCUT2D eigenvalue weighted by molar-refractivity contribution is 0.122. The summed E-state index contributed by atoms with van der Waals surface area (Å²) in [6.07, 6.45) is 42.5. The highest BCUT2D eigenvalue weighted by molar-refractivity contribution is 8.76. The van der Waals surface area contributed by atoms with Gasteiger partial charge in [-0.2, -0.15) is 0 Å². The van der Waals surface area contributed by atoms with E-state index in [1.165, 1.54) is 212 Å². The zero-order valence-electron chi connectivity index (χ0n) is 44.8. The highest BCUT2D eigenvalue weighted by atomic mass is 33.1. The molecule has 398 valence electrons. The number of aromatic nitrogens is 2. The molecule has 14 heteroatoms. The van der Waals surface area contributed by atoms with Gasteiger partial charge < -0.3 is 26.6 Å². The molecular weight excluding hydrogens is 981 g/mol. The van der Waals surface area contributed by atoms with Crippen LogP contribution in [0.2, 0.25) is 12.1 Å². The maximum absolute atomic E-state index is 5.55. The predicted octanol–water partition coefficient (Wildman–Crippen LogP) is 19.3. The van der Waals surface area contributed by atoms with Gasteiger partial charge in [0.2, 0.25) is 0 Å². The number of para-hydroxylation sites is 2. The van der Waals surface area contributed by atoms with Crippen molar-refractivity contribution < 1.29 is 26.6 Å². The first-order chi connectivity index (χ1) is 34.4. The zero-order valence-corrected chi connectivity index (χ0v) is 50.1. The van der Waals surface area contributed by atoms with E-state index >= 15 is 0 Å². The average molecular weight is 1080 g/mol. The fourth-order valence-corrected chi connectivity index (χ4v) is 19.2. The molecule has 2 atom stereocenters. The fraction of sp³-hybridized carbons (Fsp3) is 0.750. The van der Waals surface area contributed by atoms with Crippen molar-refractivity contribution in [1.82, 2.24) is 9.97 Å². The first kappa shape index (κ1) is 61.7. The quantitative estimate of drug-likeness (QED) is 0.0242. The third-order valence-electron chi connectivity index (χ3n) is 14.2. The van der Waals surface area contributed by atoms with E-state index in [0.29, 0.717) is 10.5 Å². The fourth-order valence-electron chi connectivity index (χ4n) is 9.67. The van der Waals surface area contributed by atoms with Crippen LogP contribution in [0.15, 0.2) is 48.5 Å². The van der Waals surface area contributed by atoms with Crippen LogP contribution in [0, 0.1) is 0 Å². The van der Waals surface area contributed by atoms with E-state index < -0.39 is 17.6 Å². The van der Waals surface area contributed by atoms with Crippen LogP contribution in [-0.4, -0.2) is 70.2 Å². The Labute approximate surface area is 445 Å². The molecule has 0 saturated heterocycles. The number of hydrogen-bond donors (Lipinski definition) is 0. The first-order valence-corrected chi connectivity index (χ1v) is 35.6. The van der Waals surface area contributed by atoms with Gasteiger partial charge in [0.25, 0.3) is 0 Å². The van der Waals surface area contributed by atoms with E-state index in [0.717, 1.165) is 36.0 Å². The number of rotatable bonds is 47. The third kappa shape index (κ3) is 24.2. The molecule has 4 aromatic rings. The molecule has 2 aromatic carbocycles. The van der Waals surface area contributed by atoms with Crippen LogP contribution in [0.4, 0.5) is 0 Å². The molecule has 2 unspecified atom stereocenters. The minimum atomic E-state index is -2.39. The minimum Gasteiger partial charge on any atom is -0.377 e. The largest absolute Gasteiger partial charge is 0.500 e. The van der Waals surface area contributed by atoms with Crippen LogP contribution in [0.3, 0.4) is 0 Å². The Bertz CT molecular complexity index is 1650. The number of thiazole rings is 2. The highest BCUT2D eigenvalue weighted by Crippen LogP contribution is 2.52. The molecule has 2 aromatic heterocycles. The van der Waals surface area contributed by atoms with Gasteiger partial charge in [-0.05, 0) is 49.9 Å². The number of hydrogen-bond acceptors (Lipinski definition) is 12. The molecule has 0 aliphatic carbocycles. The monoisotopic (exact) mass is 1080 g/mol. The molecule has 8 nitrogen and oxygen atoms in total. The minimum absolute atomic E-state index is 0.411. The van der Waals surface area contributed by atoms with Gasteiger partial charge in [-0.25, -0.2) is 9.97 Å². The lowest BCUT2D eigenvalue weighted by Gasteiger charge is -2.24. The SMILES string of the molecule is CO[Si](CCCCCCCCCCCCCCCCCC(SSC(CCCCCCCCCCCCCCCCC[Si](OC)(OC)OC)c1nc2ccccc2s1)c1nc2ccccc2s1)(OC)OC. The maximum Gasteiger partial charge on any atom is 0.500 e. The van der Waals surface area contributed by atoms with Gasteiger partial charge in [0.15, 0.2) is 0 Å². The summed E-state index contributed by atoms with van der Waals surface area (Å²) in [5.74, 6) is 0. The van der Waals surface area contributed by atoms with Crippen LogP contribution < -0.4 is 0 Å². The Morgan fingerprint density at radius 1 is 0.357 bits per heavy atom. The summed E-state index contributed by atoms with van der Waals surface area (Å²) in [6.45, 7) is 0. The molecule has 0 N–H and O–H groups in total. The van der Waals surface area contributed by atoms with E-state index in [9.17, 15) is 0 Å². The molecule has 2 heterocycles. The summed E-state index contributed by atoms with van der Waals surface area (Å²) in [7, 11) is 9.66. The Balaban J connectivity index is 1.09. The first-order valence-electron chi connectivity index (χ1n) is 27.8. The van der Waals surface area contributed by atoms with E-state index in [1.807, 2.05) is 22.7 Å². The Morgan fingerprint density at radius 3 is 0.857 bits per heavy atom. The smallest absolute Gasteiger partial charge is 0.377 e. The summed E-state index contributed by atoms with van der Waals surface area (Å²) in [6, 6.07) is 19.3. The van der Waals surface area contributed by atoms with Crippen molar-refractivity contribution in [2.45, 2.75) is 228 Å². The molecule has 70 heavy (non-hydrogen) atoms. The van der Waals surface area contributed by atoms with Crippen LogP contribution in [0.5, 0.6) is 0 Å². The van der Waals surface area contributed by atoms with Gasteiger partial charge in [0.05, 0.1) is 30.9 Å². The van der Waals surface area contributed by atoms with Crippen LogP contribution in [0.1, 0.15) is 226 Å². The summed E-state index contributed by atoms with van der Waals surface area (Å²) in [5.41, 5.74) is 2.30. The Kier molecular flexibility index (Phi) is 34.0. The van der Waals surface area contributed by atoms with Crippen molar-refractivity contribution in [3.8, 4) is 0 Å². The molecule has 0 bridgehead atoms. The normalized spacial score (nSPS) is 13.3. The van der Waals surface area contributed by atoms with Crippen molar-refractivity contribution in [2.75, 3.05) is 42.7 Å². The summed E-state index contributed by atoms with van der Waals surface area (Å²) >= 11 is 3.82. The molecular formula is C56H96N2O6S4Si2. The molecule has 0 amide bonds. The van der Waals surface area contributed by atoms with E-state index in [-0.39, 0.29) is 0 Å². The van der Waals surface area contributed by atoms with E-state index in [4.69, 9.17) is 36.5 Å². The zero-order chi connectivity index (χ0) is 49.8. The van der Waals surface area contributed by atoms with Gasteiger partial charge in [0.1, 0.15) is 10.0 Å². The van der Waals surface area contributed by atoms with Gasteiger partial charge in [-0.15, -0.1) is 22.7 Å². The third-order valence-corrected chi connectivity index (χ3v) is 25.7. The molecule has 4 rings (SSSR count). The molecule has 0 aliphatic heterocycles. The highest BCUT2D eigenvalue weighted by Gasteiger charge is 2.37. The average Bonchev–Trinajstić information content (AvgIpc) is 4.04. The number of benzene rings is 2. The van der Waals surface area contributed by atoms with Crippen molar-refractivity contribution in [2.24, 2.45) is 0 Å². The van der Waals surface area contributed by atoms with Gasteiger partial charge >= 0.3 is 17.6 Å². The molecule has 0 aliphatic rings. The Morgan fingerprint density at radius 2 is 0.600 bits per heavy atom. The summed E-state index contributed by atoms with van der Waals surface area (Å²) < 4.78 is 35.9. The summed E-state index contributed by atoms with van der Waals surface area (Å²) in [4.78, 5) is 10.4. The topological polar surface area (TPSA) is 81.2 Å². The van der Waals surface area contributed by atoms with Crippen LogP contribution in [0.25, 0.3) is 20.4 Å². The predicted molar refractivity (Wildman–Crippen MR) is 311 cm³/mol. The Hall–Kier alpha value is -0.886. The lowest BCUT2D eigenvalue weighted by atomic mass is 10.0. The van der Waals surface area contributed by atoms with E-state index in [1.54, 1.807) is 42.7 Å². The van der Waals surface area contributed by atoms with Crippen LogP contribution in [-0.2, 0) is 26.6 Å². The van der Waals surface area contributed by atoms with Crippen molar-refractivity contribution in [3.63, 3.8) is 0 Å². The number of unbranched alkanes of at least 4 members (excludes halogenated alkanes) is 28. The standard InChI is InChI=1S/C56H96N2O6S4Si2/c1-59-69(60-2,61-3)47-39-31-27-23-19-15-11-7-9-13-17-21-25-29-33-45-53(55-57-49-41-35-37-43-51(49)65-55)67-68-54(56-58-50-42-36-38-44-52(50)66-56)46-34-30-26-22-18-14-10-8-12-16-20-24-28-32-40-48-70(62-4,63-5)64-6/h35-38,41-44,53-54H,7-34,39-40,45-48H2,1-6H3. The van der Waals surface area contributed by atoms with Gasteiger partial charge in [-0.1, -0.05) is 226 Å². The maximum atomic E-state index is 5.55. The number of nitrogens with zero attached hydrogens (tertiary/aromatic N) is 2. The lowest BCUT2D eigenvalue weighted by Crippen LogP contribution is -2.42. The van der Waals surface area contributed by atoms with Crippen molar-refractivity contribution in [1.29, 1.82) is 0 Å². The van der Waals surface area contributed by atoms with Crippen molar-refractivity contribution in [3.05, 3.63) is 58.5 Å². The molecule has 0 saturated carbocycles. The second kappa shape index (κ2) is 38.6. The summed E-state index contributed by atoms with van der Waals surface area (Å²) in [5, 5.41) is 3.43. The number of fused-ring (bicyclic) bond motifs is 2. The molecule has 0 fully saturated rings. The molecule has 0 radical (unpaired) electrons. The second-order valence-corrected chi connectivity index (χ2v) is 30.5. The second-order valence-electron chi connectivity index (χ2n) is 19.5.